The van der Waals surface area contributed by atoms with Crippen molar-refractivity contribution in [3.05, 3.63) is 0 Å². The Balaban J connectivity index is 2.14. The first kappa shape index (κ1) is 8.52. The molecule has 0 aliphatic carbocycles. The molecule has 70 valence electrons. The van der Waals surface area contributed by atoms with Crippen LogP contribution in [0.15, 0.2) is 0 Å². The Hall–Kier alpha value is -0.0800. The molecule has 0 amide bonds. The summed E-state index contributed by atoms with van der Waals surface area (Å²) in [7, 11) is 0. The molecular formula is C10H18O2. The topological polar surface area (TPSA) is 18.5 Å². The van der Waals surface area contributed by atoms with Crippen molar-refractivity contribution in [2.24, 2.45) is 5.92 Å². The van der Waals surface area contributed by atoms with Gasteiger partial charge in [-0.25, -0.2) is 0 Å². The molecule has 2 nitrogen and oxygen atoms in total. The van der Waals surface area contributed by atoms with E-state index in [1.165, 1.54) is 0 Å². The molecule has 2 atom stereocenters. The summed E-state index contributed by atoms with van der Waals surface area (Å²) in [5.41, 5.74) is 0.0264. The van der Waals surface area contributed by atoms with Gasteiger partial charge in [0, 0.05) is 12.3 Å². The summed E-state index contributed by atoms with van der Waals surface area (Å²) in [5, 5.41) is 0. The normalized spacial score (nSPS) is 45.8. The van der Waals surface area contributed by atoms with Gasteiger partial charge in [-0.05, 0) is 26.7 Å². The Morgan fingerprint density at radius 3 is 2.42 bits per heavy atom. The van der Waals surface area contributed by atoms with E-state index in [1.807, 2.05) is 0 Å². The van der Waals surface area contributed by atoms with Crippen molar-refractivity contribution < 1.29 is 9.47 Å². The summed E-state index contributed by atoms with van der Waals surface area (Å²) >= 11 is 0. The third-order valence-corrected chi connectivity index (χ3v) is 3.17. The molecule has 12 heavy (non-hydrogen) atoms. The minimum absolute atomic E-state index is 0.0264. The maximum Gasteiger partial charge on any atom is 0.171 e. The van der Waals surface area contributed by atoms with Crippen LogP contribution in [0.4, 0.5) is 0 Å². The molecule has 2 heteroatoms. The molecule has 0 aromatic rings. The van der Waals surface area contributed by atoms with E-state index >= 15 is 0 Å². The van der Waals surface area contributed by atoms with Crippen LogP contribution >= 0.6 is 0 Å². The molecule has 0 aromatic heterocycles. The second-order valence-electron chi connectivity index (χ2n) is 4.71. The van der Waals surface area contributed by atoms with Gasteiger partial charge < -0.3 is 9.47 Å². The van der Waals surface area contributed by atoms with E-state index in [-0.39, 0.29) is 11.4 Å². The fourth-order valence-corrected chi connectivity index (χ4v) is 2.26. The van der Waals surface area contributed by atoms with Crippen LogP contribution in [0.1, 0.15) is 40.0 Å². The van der Waals surface area contributed by atoms with Gasteiger partial charge in [-0.2, -0.15) is 0 Å². The van der Waals surface area contributed by atoms with Crippen molar-refractivity contribution in [1.82, 2.24) is 0 Å². The standard InChI is InChI=1S/C10H18O2/c1-8-4-7-11-10(8)6-5-9(2,3)12-10/h8H,4-7H2,1-3H3. The first-order valence-electron chi connectivity index (χ1n) is 4.88. The quantitative estimate of drug-likeness (QED) is 0.555. The summed E-state index contributed by atoms with van der Waals surface area (Å²) in [5.74, 6) is 0.350. The average Bonchev–Trinajstić information content (AvgIpc) is 2.43. The zero-order chi connectivity index (χ0) is 8.82. The molecule has 2 heterocycles. The van der Waals surface area contributed by atoms with Crippen molar-refractivity contribution in [2.75, 3.05) is 6.61 Å². The first-order chi connectivity index (χ1) is 5.54. The van der Waals surface area contributed by atoms with Crippen LogP contribution in [-0.2, 0) is 9.47 Å². The van der Waals surface area contributed by atoms with E-state index in [0.717, 1.165) is 25.9 Å². The number of ether oxygens (including phenoxy) is 2. The average molecular weight is 170 g/mol. The van der Waals surface area contributed by atoms with Gasteiger partial charge in [0.05, 0.1) is 12.2 Å². The summed E-state index contributed by atoms with van der Waals surface area (Å²) in [6.45, 7) is 7.40. The summed E-state index contributed by atoms with van der Waals surface area (Å²) in [6.07, 6.45) is 3.34. The molecule has 0 radical (unpaired) electrons. The van der Waals surface area contributed by atoms with Crippen LogP contribution in [-0.4, -0.2) is 18.0 Å². The predicted molar refractivity (Wildman–Crippen MR) is 46.9 cm³/mol. The molecule has 2 aliphatic heterocycles. The molecule has 0 bridgehead atoms. The lowest BCUT2D eigenvalue weighted by Gasteiger charge is -2.30. The smallest absolute Gasteiger partial charge is 0.171 e. The third-order valence-electron chi connectivity index (χ3n) is 3.17. The predicted octanol–water partition coefficient (Wildman–Crippen LogP) is 2.33. The van der Waals surface area contributed by atoms with Crippen molar-refractivity contribution in [3.63, 3.8) is 0 Å². The van der Waals surface area contributed by atoms with Gasteiger partial charge in [0.25, 0.3) is 0 Å². The van der Waals surface area contributed by atoms with Crippen molar-refractivity contribution in [2.45, 2.75) is 51.4 Å². The molecule has 2 rings (SSSR count). The first-order valence-corrected chi connectivity index (χ1v) is 4.88. The van der Waals surface area contributed by atoms with Crippen LogP contribution in [0.2, 0.25) is 0 Å². The Bertz CT molecular complexity index is 188. The fraction of sp³-hybridized carbons (Fsp3) is 1.00. The van der Waals surface area contributed by atoms with Gasteiger partial charge in [0.2, 0.25) is 0 Å². The van der Waals surface area contributed by atoms with Gasteiger partial charge in [0.1, 0.15) is 0 Å². The van der Waals surface area contributed by atoms with Crippen LogP contribution in [0.25, 0.3) is 0 Å². The van der Waals surface area contributed by atoms with Gasteiger partial charge in [-0.15, -0.1) is 0 Å². The third kappa shape index (κ3) is 1.17. The Labute approximate surface area is 74.2 Å². The van der Waals surface area contributed by atoms with Gasteiger partial charge in [-0.3, -0.25) is 0 Å². The molecule has 2 aliphatic rings. The van der Waals surface area contributed by atoms with E-state index in [2.05, 4.69) is 20.8 Å². The minimum Gasteiger partial charge on any atom is -0.350 e. The van der Waals surface area contributed by atoms with Crippen LogP contribution in [0.5, 0.6) is 0 Å². The molecule has 0 aromatic carbocycles. The van der Waals surface area contributed by atoms with Crippen molar-refractivity contribution >= 4 is 0 Å². The molecule has 2 saturated heterocycles. The monoisotopic (exact) mass is 170 g/mol. The molecular weight excluding hydrogens is 152 g/mol. The number of hydrogen-bond donors (Lipinski definition) is 0. The fourth-order valence-electron chi connectivity index (χ4n) is 2.26. The maximum atomic E-state index is 5.99. The van der Waals surface area contributed by atoms with E-state index in [4.69, 9.17) is 9.47 Å². The zero-order valence-electron chi connectivity index (χ0n) is 8.22. The lowest BCUT2D eigenvalue weighted by Crippen LogP contribution is -2.36. The van der Waals surface area contributed by atoms with E-state index in [1.54, 1.807) is 0 Å². The van der Waals surface area contributed by atoms with Gasteiger partial charge in [-0.1, -0.05) is 6.92 Å². The molecule has 0 N–H and O–H groups in total. The largest absolute Gasteiger partial charge is 0.350 e. The number of rotatable bonds is 0. The van der Waals surface area contributed by atoms with Crippen LogP contribution in [0, 0.1) is 5.92 Å². The summed E-state index contributed by atoms with van der Waals surface area (Å²) in [4.78, 5) is 0. The lowest BCUT2D eigenvalue weighted by atomic mass is 9.96. The molecule has 0 saturated carbocycles. The minimum atomic E-state index is -0.219. The Kier molecular flexibility index (Phi) is 1.74. The highest BCUT2D eigenvalue weighted by atomic mass is 16.7. The Morgan fingerprint density at radius 2 is 2.00 bits per heavy atom. The second kappa shape index (κ2) is 2.46. The van der Waals surface area contributed by atoms with Gasteiger partial charge in [0.15, 0.2) is 5.79 Å². The second-order valence-corrected chi connectivity index (χ2v) is 4.71. The Morgan fingerprint density at radius 1 is 1.25 bits per heavy atom. The molecule has 1 spiro atoms. The van der Waals surface area contributed by atoms with Crippen LogP contribution < -0.4 is 0 Å². The highest BCUT2D eigenvalue weighted by Crippen LogP contribution is 2.46. The number of hydrogen-bond acceptors (Lipinski definition) is 2. The zero-order valence-corrected chi connectivity index (χ0v) is 8.22. The van der Waals surface area contributed by atoms with E-state index < -0.39 is 0 Å². The van der Waals surface area contributed by atoms with Crippen LogP contribution in [0.3, 0.4) is 0 Å². The van der Waals surface area contributed by atoms with Gasteiger partial charge >= 0.3 is 0 Å². The van der Waals surface area contributed by atoms with E-state index in [0.29, 0.717) is 5.92 Å². The SMILES string of the molecule is CC1CCOC12CCC(C)(C)O2. The van der Waals surface area contributed by atoms with Crippen molar-refractivity contribution in [1.29, 1.82) is 0 Å². The molecule has 2 fully saturated rings. The van der Waals surface area contributed by atoms with Crippen molar-refractivity contribution in [3.8, 4) is 0 Å². The van der Waals surface area contributed by atoms with E-state index in [9.17, 15) is 0 Å². The highest BCUT2D eigenvalue weighted by molar-refractivity contribution is 4.92. The maximum absolute atomic E-state index is 5.99. The highest BCUT2D eigenvalue weighted by Gasteiger charge is 2.51. The lowest BCUT2D eigenvalue weighted by molar-refractivity contribution is -0.236. The summed E-state index contributed by atoms with van der Waals surface area (Å²) < 4.78 is 11.7. The summed E-state index contributed by atoms with van der Waals surface area (Å²) in [6, 6.07) is 0. The molecule has 2 unspecified atom stereocenters.